The van der Waals surface area contributed by atoms with Crippen molar-refractivity contribution in [1.29, 1.82) is 0 Å². The van der Waals surface area contributed by atoms with E-state index in [4.69, 9.17) is 9.15 Å². The first kappa shape index (κ1) is 31.5. The summed E-state index contributed by atoms with van der Waals surface area (Å²) in [6.45, 7) is 3.34. The molecule has 3 heterocycles. The molecule has 2 aromatic carbocycles. The van der Waals surface area contributed by atoms with E-state index in [0.717, 1.165) is 35.2 Å². The Hall–Kier alpha value is -4.91. The first-order valence-electron chi connectivity index (χ1n) is 14.6. The second-order valence-electron chi connectivity index (χ2n) is 10.5. The summed E-state index contributed by atoms with van der Waals surface area (Å²) in [6, 6.07) is 17.2. The molecule has 1 saturated heterocycles. The number of nitro benzene ring substituents is 1. The molecule has 2 aromatic heterocycles. The van der Waals surface area contributed by atoms with Gasteiger partial charge >= 0.3 is 0 Å². The monoisotopic (exact) mass is 630 g/mol. The molecule has 13 heteroatoms. The van der Waals surface area contributed by atoms with Gasteiger partial charge in [-0.25, -0.2) is 0 Å². The Morgan fingerprint density at radius 2 is 1.87 bits per heavy atom. The van der Waals surface area contributed by atoms with E-state index >= 15 is 0 Å². The van der Waals surface area contributed by atoms with Crippen molar-refractivity contribution in [2.75, 3.05) is 32.5 Å². The normalized spacial score (nSPS) is 15.0. The predicted molar refractivity (Wildman–Crippen MR) is 170 cm³/mol. The van der Waals surface area contributed by atoms with Crippen molar-refractivity contribution in [3.8, 4) is 23.0 Å². The van der Waals surface area contributed by atoms with Crippen LogP contribution in [0.1, 0.15) is 31.7 Å². The number of furan rings is 1. The molecule has 0 radical (unpaired) electrons. The molecule has 1 fully saturated rings. The molecule has 0 spiro atoms. The fourth-order valence-corrected chi connectivity index (χ4v) is 6.03. The average molecular weight is 631 g/mol. The highest BCUT2D eigenvalue weighted by Crippen LogP contribution is 2.29. The van der Waals surface area contributed by atoms with E-state index < -0.39 is 4.92 Å². The fraction of sp³-hybridized carbons (Fsp3) is 0.312. The minimum Gasteiger partial charge on any atom is -0.497 e. The number of nitrogens with zero attached hydrogens (tertiary/aromatic N) is 6. The number of nitro groups is 1. The van der Waals surface area contributed by atoms with Crippen LogP contribution in [-0.2, 0) is 9.59 Å². The maximum Gasteiger partial charge on any atom is 0.269 e. The van der Waals surface area contributed by atoms with Gasteiger partial charge in [-0.3, -0.25) is 24.3 Å². The van der Waals surface area contributed by atoms with Crippen molar-refractivity contribution >= 4 is 35.3 Å². The summed E-state index contributed by atoms with van der Waals surface area (Å²) < 4.78 is 12.8. The first-order chi connectivity index (χ1) is 21.8. The van der Waals surface area contributed by atoms with Gasteiger partial charge in [0, 0.05) is 56.1 Å². The maximum absolute atomic E-state index is 13.0. The zero-order valence-electron chi connectivity index (χ0n) is 25.1. The van der Waals surface area contributed by atoms with E-state index in [1.807, 2.05) is 52.8 Å². The molecule has 5 rings (SSSR count). The summed E-state index contributed by atoms with van der Waals surface area (Å²) in [4.78, 5) is 39.7. The molecule has 1 aliphatic rings. The molecule has 4 aromatic rings. The van der Waals surface area contributed by atoms with E-state index in [9.17, 15) is 19.7 Å². The molecule has 0 N–H and O–H groups in total. The van der Waals surface area contributed by atoms with E-state index in [1.165, 1.54) is 18.2 Å². The van der Waals surface area contributed by atoms with Crippen molar-refractivity contribution in [2.24, 2.45) is 0 Å². The van der Waals surface area contributed by atoms with Crippen LogP contribution in [0.15, 0.2) is 82.6 Å². The van der Waals surface area contributed by atoms with Crippen LogP contribution in [0.4, 0.5) is 5.69 Å². The molecule has 12 nitrogen and oxygen atoms in total. The van der Waals surface area contributed by atoms with Crippen LogP contribution in [0.2, 0.25) is 0 Å². The molecule has 45 heavy (non-hydrogen) atoms. The Bertz CT molecular complexity index is 1640. The number of hydrogen-bond acceptors (Lipinski definition) is 9. The van der Waals surface area contributed by atoms with Gasteiger partial charge in [0.15, 0.2) is 10.9 Å². The lowest BCUT2D eigenvalue weighted by molar-refractivity contribution is -0.384. The van der Waals surface area contributed by atoms with E-state index in [1.54, 1.807) is 48.2 Å². The number of hydrogen-bond donors (Lipinski definition) is 0. The van der Waals surface area contributed by atoms with Crippen LogP contribution in [0, 0.1) is 10.1 Å². The van der Waals surface area contributed by atoms with Gasteiger partial charge < -0.3 is 19.0 Å². The van der Waals surface area contributed by atoms with Crippen LogP contribution < -0.4 is 4.74 Å². The number of methoxy groups -OCH3 is 1. The second-order valence-corrected chi connectivity index (χ2v) is 11.6. The lowest BCUT2D eigenvalue weighted by atomic mass is 10.1. The van der Waals surface area contributed by atoms with Crippen LogP contribution in [-0.4, -0.2) is 79.8 Å². The first-order valence-corrected chi connectivity index (χ1v) is 15.6. The van der Waals surface area contributed by atoms with Crippen molar-refractivity contribution in [2.45, 2.75) is 37.4 Å². The molecule has 1 aliphatic heterocycles. The number of thioether (sulfide) groups is 1. The Balaban J connectivity index is 1.09. The number of carbonyl (C=O) groups excluding carboxylic acids is 2. The van der Waals surface area contributed by atoms with Crippen LogP contribution >= 0.6 is 11.8 Å². The number of benzene rings is 2. The fourth-order valence-electron chi connectivity index (χ4n) is 5.07. The quantitative estimate of drug-likeness (QED) is 0.0655. The Labute approximate surface area is 264 Å². The number of aromatic nitrogens is 3. The van der Waals surface area contributed by atoms with E-state index in [2.05, 4.69) is 10.2 Å². The minimum atomic E-state index is -0.461. The van der Waals surface area contributed by atoms with Crippen LogP contribution in [0.3, 0.4) is 0 Å². The van der Waals surface area contributed by atoms with Gasteiger partial charge in [-0.15, -0.1) is 10.2 Å². The number of amides is 2. The topological polar surface area (TPSA) is 137 Å². The molecular weight excluding hydrogens is 596 g/mol. The summed E-state index contributed by atoms with van der Waals surface area (Å²) >= 11 is 1.58. The Kier molecular flexibility index (Phi) is 10.3. The average Bonchev–Trinajstić information content (AvgIpc) is 3.74. The molecular formula is C32H34N6O6S. The van der Waals surface area contributed by atoms with Gasteiger partial charge in [0.2, 0.25) is 17.6 Å². The van der Waals surface area contributed by atoms with Gasteiger partial charge in [0.05, 0.1) is 24.0 Å². The van der Waals surface area contributed by atoms with Crippen molar-refractivity contribution in [3.05, 3.63) is 88.7 Å². The Morgan fingerprint density at radius 3 is 2.53 bits per heavy atom. The summed E-state index contributed by atoms with van der Waals surface area (Å²) in [5.41, 5.74) is 1.59. The molecule has 0 bridgehead atoms. The van der Waals surface area contributed by atoms with E-state index in [0.29, 0.717) is 43.2 Å². The third-order valence-corrected chi connectivity index (χ3v) is 8.52. The number of ether oxygens (including phenoxy) is 1. The highest BCUT2D eigenvalue weighted by Gasteiger charge is 2.28. The minimum absolute atomic E-state index is 0.000492. The zero-order chi connectivity index (χ0) is 31.8. The van der Waals surface area contributed by atoms with Crippen molar-refractivity contribution in [3.63, 3.8) is 0 Å². The van der Waals surface area contributed by atoms with Crippen molar-refractivity contribution in [1.82, 2.24) is 24.6 Å². The molecule has 1 unspecified atom stereocenters. The number of piperazine rings is 1. The zero-order valence-corrected chi connectivity index (χ0v) is 25.9. The summed E-state index contributed by atoms with van der Waals surface area (Å²) in [5, 5.41) is 20.4. The summed E-state index contributed by atoms with van der Waals surface area (Å²) in [6.07, 6.45) is 6.71. The number of carbonyl (C=O) groups is 2. The number of unbranched alkanes of at least 4 members (excludes halogenated alkanes) is 1. The molecule has 1 atom stereocenters. The predicted octanol–water partition coefficient (Wildman–Crippen LogP) is 5.48. The molecule has 2 amide bonds. The van der Waals surface area contributed by atoms with Crippen molar-refractivity contribution < 1.29 is 23.7 Å². The molecule has 0 aliphatic carbocycles. The lowest BCUT2D eigenvalue weighted by Gasteiger charge is -2.39. The summed E-state index contributed by atoms with van der Waals surface area (Å²) in [5.74, 6) is 2.68. The highest BCUT2D eigenvalue weighted by molar-refractivity contribution is 7.99. The van der Waals surface area contributed by atoms with Crippen LogP contribution in [0.5, 0.6) is 5.75 Å². The Morgan fingerprint density at radius 1 is 1.09 bits per heavy atom. The standard InChI is InChI=1S/C32H34N6O6S/c1-23-22-35(18-19-36(23)30(40)17-10-24-8-11-26(12-9-24)38(41)42)29(39)7-3-4-21-45-32-34-33-31(28-6-5-20-44-28)37(32)25-13-15-27(43-2)16-14-25/h5-6,8-17,20,23H,3-4,7,18-19,21-22H2,1-2H3/b17-10+. The second kappa shape index (κ2) is 14.7. The van der Waals surface area contributed by atoms with Gasteiger partial charge in [-0.1, -0.05) is 11.8 Å². The van der Waals surface area contributed by atoms with Gasteiger partial charge in [-0.05, 0) is 79.9 Å². The van der Waals surface area contributed by atoms with E-state index in [-0.39, 0.29) is 23.5 Å². The lowest BCUT2D eigenvalue weighted by Crippen LogP contribution is -2.55. The molecule has 234 valence electrons. The highest BCUT2D eigenvalue weighted by atomic mass is 32.2. The summed E-state index contributed by atoms with van der Waals surface area (Å²) in [7, 11) is 1.63. The van der Waals surface area contributed by atoms with Gasteiger partial charge in [0.1, 0.15) is 5.75 Å². The van der Waals surface area contributed by atoms with Crippen LogP contribution in [0.25, 0.3) is 23.3 Å². The third-order valence-electron chi connectivity index (χ3n) is 7.51. The van der Waals surface area contributed by atoms with Gasteiger partial charge in [-0.2, -0.15) is 0 Å². The SMILES string of the molecule is COc1ccc(-n2c(SCCCCC(=O)N3CCN(C(=O)/C=C/c4ccc([N+](=O)[O-])cc4)C(C)C3)nnc2-c2ccco2)cc1. The largest absolute Gasteiger partial charge is 0.497 e. The molecule has 0 saturated carbocycles. The number of non-ortho nitro benzene ring substituents is 1. The van der Waals surface area contributed by atoms with Gasteiger partial charge in [0.25, 0.3) is 5.69 Å². The third kappa shape index (κ3) is 7.79. The maximum atomic E-state index is 13.0. The number of rotatable bonds is 12. The smallest absolute Gasteiger partial charge is 0.269 e.